The zero-order chi connectivity index (χ0) is 17.6. The Labute approximate surface area is 149 Å². The van der Waals surface area contributed by atoms with Gasteiger partial charge in [0.2, 0.25) is 0 Å². The molecular weight excluding hydrogens is 314 g/mol. The molecule has 0 spiro atoms. The number of aliphatic hydroxyl groups excluding tert-OH is 1. The average Bonchev–Trinajstić information content (AvgIpc) is 2.66. The fourth-order valence-corrected chi connectivity index (χ4v) is 3.84. The van der Waals surface area contributed by atoms with Crippen molar-refractivity contribution in [1.29, 1.82) is 5.26 Å². The molecule has 25 heavy (non-hydrogen) atoms. The molecule has 5 heteroatoms. The highest BCUT2D eigenvalue weighted by Gasteiger charge is 2.27. The summed E-state index contributed by atoms with van der Waals surface area (Å²) in [5.41, 5.74) is 2.27. The molecule has 2 heterocycles. The summed E-state index contributed by atoms with van der Waals surface area (Å²) in [4.78, 5) is 16.8. The van der Waals surface area contributed by atoms with E-state index in [9.17, 15) is 15.2 Å². The van der Waals surface area contributed by atoms with Gasteiger partial charge in [0, 0.05) is 37.6 Å². The lowest BCUT2D eigenvalue weighted by molar-refractivity contribution is -0.115. The first kappa shape index (κ1) is 17.5. The molecule has 0 aromatic heterocycles. The summed E-state index contributed by atoms with van der Waals surface area (Å²) >= 11 is 0. The molecular formula is C20H25N3O2. The highest BCUT2D eigenvalue weighted by Crippen LogP contribution is 2.28. The Kier molecular flexibility index (Phi) is 5.72. The molecule has 0 bridgehead atoms. The summed E-state index contributed by atoms with van der Waals surface area (Å²) in [7, 11) is 0. The molecule has 2 aliphatic heterocycles. The van der Waals surface area contributed by atoms with E-state index in [2.05, 4.69) is 11.0 Å². The fourth-order valence-electron chi connectivity index (χ4n) is 3.84. The van der Waals surface area contributed by atoms with Crippen molar-refractivity contribution in [2.24, 2.45) is 0 Å². The number of amides is 1. The van der Waals surface area contributed by atoms with Gasteiger partial charge in [-0.2, -0.15) is 5.26 Å². The van der Waals surface area contributed by atoms with Crippen molar-refractivity contribution >= 4 is 11.6 Å². The highest BCUT2D eigenvalue weighted by molar-refractivity contribution is 6.08. The minimum Gasteiger partial charge on any atom is -0.396 e. The molecule has 1 amide bonds. The van der Waals surface area contributed by atoms with Crippen LogP contribution in [0.2, 0.25) is 0 Å². The molecule has 1 unspecified atom stereocenters. The SMILES string of the molecule is N#C/C(=C/N1CCCCC1CCO)C(=O)N1CCCc2ccccc21. The van der Waals surface area contributed by atoms with Gasteiger partial charge in [0.1, 0.15) is 11.6 Å². The lowest BCUT2D eigenvalue weighted by atomic mass is 9.99. The van der Waals surface area contributed by atoms with Crippen molar-refractivity contribution in [1.82, 2.24) is 4.90 Å². The number of aryl methyl sites for hydroxylation is 1. The molecule has 132 valence electrons. The Morgan fingerprint density at radius 2 is 2.12 bits per heavy atom. The molecule has 0 aliphatic carbocycles. The maximum absolute atomic E-state index is 13.0. The third kappa shape index (κ3) is 3.85. The topological polar surface area (TPSA) is 67.6 Å². The third-order valence-electron chi connectivity index (χ3n) is 5.14. The maximum Gasteiger partial charge on any atom is 0.270 e. The van der Waals surface area contributed by atoms with E-state index < -0.39 is 0 Å². The molecule has 0 saturated carbocycles. The van der Waals surface area contributed by atoms with Crippen LogP contribution in [0, 0.1) is 11.3 Å². The summed E-state index contributed by atoms with van der Waals surface area (Å²) in [5, 5.41) is 18.8. The standard InChI is InChI=1S/C20H25N3O2/c21-14-17(15-22-11-4-3-8-18(22)10-13-24)20(25)23-12-5-7-16-6-1-2-9-19(16)23/h1-2,6,9,15,18,24H,3-5,7-8,10-13H2/b17-15-. The molecule has 1 aromatic rings. The van der Waals surface area contributed by atoms with Gasteiger partial charge in [-0.1, -0.05) is 18.2 Å². The number of para-hydroxylation sites is 1. The average molecular weight is 339 g/mol. The van der Waals surface area contributed by atoms with E-state index >= 15 is 0 Å². The number of fused-ring (bicyclic) bond motifs is 1. The molecule has 2 aliphatic rings. The summed E-state index contributed by atoms with van der Waals surface area (Å²) in [6.45, 7) is 1.61. The predicted octanol–water partition coefficient (Wildman–Crippen LogP) is 2.61. The molecule has 1 fully saturated rings. The lowest BCUT2D eigenvalue weighted by Crippen LogP contribution is -2.39. The van der Waals surface area contributed by atoms with Crippen molar-refractivity contribution in [3.05, 3.63) is 41.6 Å². The second-order valence-electron chi connectivity index (χ2n) is 6.74. The summed E-state index contributed by atoms with van der Waals surface area (Å²) in [6, 6.07) is 10.2. The number of anilines is 1. The Balaban J connectivity index is 1.83. The monoisotopic (exact) mass is 339 g/mol. The smallest absolute Gasteiger partial charge is 0.270 e. The molecule has 0 radical (unpaired) electrons. The van der Waals surface area contributed by atoms with Crippen LogP contribution < -0.4 is 4.90 Å². The number of nitriles is 1. The second-order valence-corrected chi connectivity index (χ2v) is 6.74. The molecule has 3 rings (SSSR count). The van der Waals surface area contributed by atoms with E-state index in [1.807, 2.05) is 24.3 Å². The summed E-state index contributed by atoms with van der Waals surface area (Å²) < 4.78 is 0. The van der Waals surface area contributed by atoms with E-state index in [-0.39, 0.29) is 24.1 Å². The van der Waals surface area contributed by atoms with Crippen LogP contribution in [0.15, 0.2) is 36.0 Å². The molecule has 1 aromatic carbocycles. The Bertz CT molecular complexity index is 690. The van der Waals surface area contributed by atoms with Crippen molar-refractivity contribution < 1.29 is 9.90 Å². The summed E-state index contributed by atoms with van der Waals surface area (Å²) in [6.07, 6.45) is 7.46. The van der Waals surface area contributed by atoms with E-state index in [0.29, 0.717) is 13.0 Å². The lowest BCUT2D eigenvalue weighted by Gasteiger charge is -2.35. The minimum absolute atomic E-state index is 0.129. The number of aliphatic hydroxyl groups is 1. The summed E-state index contributed by atoms with van der Waals surface area (Å²) in [5.74, 6) is -0.219. The number of piperidine rings is 1. The Morgan fingerprint density at radius 3 is 2.92 bits per heavy atom. The van der Waals surface area contributed by atoms with E-state index in [1.165, 1.54) is 0 Å². The molecule has 1 N–H and O–H groups in total. The van der Waals surface area contributed by atoms with Crippen LogP contribution in [0.5, 0.6) is 0 Å². The van der Waals surface area contributed by atoms with E-state index in [1.54, 1.807) is 11.1 Å². The van der Waals surface area contributed by atoms with Crippen molar-refractivity contribution in [2.75, 3.05) is 24.6 Å². The van der Waals surface area contributed by atoms with Gasteiger partial charge in [-0.25, -0.2) is 0 Å². The van der Waals surface area contributed by atoms with Gasteiger partial charge in [-0.15, -0.1) is 0 Å². The van der Waals surface area contributed by atoms with Crippen LogP contribution >= 0.6 is 0 Å². The quantitative estimate of drug-likeness (QED) is 0.676. The van der Waals surface area contributed by atoms with Crippen LogP contribution in [-0.2, 0) is 11.2 Å². The molecule has 1 atom stereocenters. The van der Waals surface area contributed by atoms with Gasteiger partial charge in [0.25, 0.3) is 5.91 Å². The van der Waals surface area contributed by atoms with Crippen LogP contribution in [0.25, 0.3) is 0 Å². The van der Waals surface area contributed by atoms with Gasteiger partial charge in [-0.3, -0.25) is 4.79 Å². The normalized spacial score (nSPS) is 20.8. The third-order valence-corrected chi connectivity index (χ3v) is 5.14. The number of likely N-dealkylation sites (tertiary alicyclic amines) is 1. The van der Waals surface area contributed by atoms with E-state index in [0.717, 1.165) is 49.9 Å². The predicted molar refractivity (Wildman–Crippen MR) is 96.9 cm³/mol. The van der Waals surface area contributed by atoms with Gasteiger partial charge >= 0.3 is 0 Å². The van der Waals surface area contributed by atoms with Gasteiger partial charge in [-0.05, 0) is 50.2 Å². The second kappa shape index (κ2) is 8.17. The molecule has 5 nitrogen and oxygen atoms in total. The number of carbonyl (C=O) groups excluding carboxylic acids is 1. The van der Waals surface area contributed by atoms with Crippen molar-refractivity contribution in [2.45, 2.75) is 44.6 Å². The van der Waals surface area contributed by atoms with Gasteiger partial charge < -0.3 is 14.9 Å². The number of nitrogens with zero attached hydrogens (tertiary/aromatic N) is 3. The first-order valence-electron chi connectivity index (χ1n) is 9.13. The van der Waals surface area contributed by atoms with Crippen LogP contribution in [-0.4, -0.2) is 41.7 Å². The van der Waals surface area contributed by atoms with Crippen LogP contribution in [0.4, 0.5) is 5.69 Å². The first-order chi connectivity index (χ1) is 12.2. The minimum atomic E-state index is -0.219. The van der Waals surface area contributed by atoms with Crippen molar-refractivity contribution in [3.63, 3.8) is 0 Å². The van der Waals surface area contributed by atoms with Crippen LogP contribution in [0.3, 0.4) is 0 Å². The fraction of sp³-hybridized carbons (Fsp3) is 0.500. The zero-order valence-corrected chi connectivity index (χ0v) is 14.5. The number of hydrogen-bond acceptors (Lipinski definition) is 4. The number of rotatable bonds is 4. The molecule has 1 saturated heterocycles. The van der Waals surface area contributed by atoms with Gasteiger partial charge in [0.05, 0.1) is 0 Å². The highest BCUT2D eigenvalue weighted by atomic mass is 16.3. The first-order valence-corrected chi connectivity index (χ1v) is 9.13. The maximum atomic E-state index is 13.0. The largest absolute Gasteiger partial charge is 0.396 e. The van der Waals surface area contributed by atoms with Crippen molar-refractivity contribution in [3.8, 4) is 6.07 Å². The Morgan fingerprint density at radius 1 is 1.28 bits per heavy atom. The van der Waals surface area contributed by atoms with E-state index in [4.69, 9.17) is 0 Å². The number of carbonyl (C=O) groups is 1. The van der Waals surface area contributed by atoms with Gasteiger partial charge in [0.15, 0.2) is 0 Å². The Hall–Kier alpha value is -2.32. The van der Waals surface area contributed by atoms with Crippen LogP contribution in [0.1, 0.15) is 37.7 Å². The number of hydrogen-bond donors (Lipinski definition) is 1. The number of benzene rings is 1. The zero-order valence-electron chi connectivity index (χ0n) is 14.5.